The molecular formula is C8H19NSi. The molecule has 10 heavy (non-hydrogen) atoms. The molecule has 0 atom stereocenters. The fourth-order valence-corrected chi connectivity index (χ4v) is 2.11. The topological polar surface area (TPSA) is 12.0 Å². The summed E-state index contributed by atoms with van der Waals surface area (Å²) in [6, 6.07) is 0. The summed E-state index contributed by atoms with van der Waals surface area (Å²) in [4.78, 5) is 3.35. The highest BCUT2D eigenvalue weighted by Crippen LogP contribution is 2.25. The summed E-state index contributed by atoms with van der Waals surface area (Å²) in [5.74, 6) is 1.06. The van der Waals surface area contributed by atoms with E-state index in [0.29, 0.717) is 0 Å². The van der Waals surface area contributed by atoms with E-state index in [9.17, 15) is 0 Å². The molecule has 0 spiro atoms. The highest BCUT2D eigenvalue weighted by atomic mass is 28.2. The lowest BCUT2D eigenvalue weighted by molar-refractivity contribution is 0.340. The van der Waals surface area contributed by atoms with Gasteiger partial charge in [0.15, 0.2) is 0 Å². The minimum atomic E-state index is 1.06. The van der Waals surface area contributed by atoms with Crippen molar-refractivity contribution in [2.45, 2.75) is 38.5 Å². The van der Waals surface area contributed by atoms with Gasteiger partial charge in [0.25, 0.3) is 0 Å². The van der Waals surface area contributed by atoms with Crippen molar-refractivity contribution in [1.82, 2.24) is 4.98 Å². The minimum absolute atomic E-state index is 1.06. The molecule has 1 nitrogen and oxygen atoms in total. The van der Waals surface area contributed by atoms with Crippen LogP contribution in [0.3, 0.4) is 0 Å². The molecule has 0 aromatic rings. The van der Waals surface area contributed by atoms with Crippen LogP contribution >= 0.6 is 0 Å². The van der Waals surface area contributed by atoms with Crippen LogP contribution in [0.1, 0.15) is 38.5 Å². The van der Waals surface area contributed by atoms with E-state index in [1.54, 1.807) is 0 Å². The van der Waals surface area contributed by atoms with Crippen LogP contribution in [0.15, 0.2) is 0 Å². The summed E-state index contributed by atoms with van der Waals surface area (Å²) in [5, 5.41) is 0. The van der Waals surface area contributed by atoms with Crippen LogP contribution in [0, 0.1) is 5.92 Å². The molecule has 0 amide bonds. The van der Waals surface area contributed by atoms with Crippen molar-refractivity contribution in [3.63, 3.8) is 0 Å². The van der Waals surface area contributed by atoms with E-state index < -0.39 is 0 Å². The summed E-state index contributed by atoms with van der Waals surface area (Å²) >= 11 is 0. The maximum Gasteiger partial charge on any atom is 0.0749 e. The van der Waals surface area contributed by atoms with Crippen molar-refractivity contribution in [3.8, 4) is 0 Å². The molecule has 0 aliphatic heterocycles. The third-order valence-corrected chi connectivity index (χ3v) is 3.03. The average molecular weight is 157 g/mol. The van der Waals surface area contributed by atoms with Gasteiger partial charge in [-0.2, -0.15) is 0 Å². The van der Waals surface area contributed by atoms with Crippen molar-refractivity contribution in [2.24, 2.45) is 5.92 Å². The normalized spacial score (nSPS) is 21.6. The molecule has 1 aliphatic rings. The lowest BCUT2D eigenvalue weighted by Crippen LogP contribution is -2.16. The zero-order valence-corrected chi connectivity index (χ0v) is 9.03. The second kappa shape index (κ2) is 4.91. The predicted octanol–water partition coefficient (Wildman–Crippen LogP) is 0.827. The van der Waals surface area contributed by atoms with E-state index in [1.165, 1.54) is 55.5 Å². The van der Waals surface area contributed by atoms with Crippen LogP contribution in [0.2, 0.25) is 0 Å². The quantitative estimate of drug-likeness (QED) is 0.598. The zero-order chi connectivity index (χ0) is 7.23. The molecule has 0 aromatic heterocycles. The summed E-state index contributed by atoms with van der Waals surface area (Å²) < 4.78 is 0. The maximum atomic E-state index is 3.35. The molecule has 2 heteroatoms. The second-order valence-electron chi connectivity index (χ2n) is 3.40. The molecule has 1 aliphatic carbocycles. The van der Waals surface area contributed by atoms with E-state index >= 15 is 0 Å². The Bertz CT molecular complexity index is 79.3. The molecular weight excluding hydrogens is 138 g/mol. The molecule has 0 heterocycles. The van der Waals surface area contributed by atoms with E-state index in [0.717, 1.165) is 5.92 Å². The van der Waals surface area contributed by atoms with Gasteiger partial charge < -0.3 is 4.98 Å². The molecule has 1 saturated carbocycles. The summed E-state index contributed by atoms with van der Waals surface area (Å²) in [7, 11) is 1.17. The largest absolute Gasteiger partial charge is 0.345 e. The monoisotopic (exact) mass is 157 g/mol. The summed E-state index contributed by atoms with van der Waals surface area (Å²) in [5.41, 5.74) is 0. The first-order valence-electron chi connectivity index (χ1n) is 4.58. The Labute approximate surface area is 67.1 Å². The lowest BCUT2D eigenvalue weighted by atomic mass is 9.87. The van der Waals surface area contributed by atoms with E-state index in [1.807, 2.05) is 0 Å². The molecule has 1 fully saturated rings. The Hall–Kier alpha value is 0.177. The highest BCUT2D eigenvalue weighted by molar-refractivity contribution is 6.04. The molecule has 0 radical (unpaired) electrons. The third-order valence-electron chi connectivity index (χ3n) is 2.53. The first kappa shape index (κ1) is 8.28. The molecule has 0 aromatic carbocycles. The molecule has 0 bridgehead atoms. The molecule has 60 valence electrons. The van der Waals surface area contributed by atoms with E-state index in [2.05, 4.69) is 4.98 Å². The van der Waals surface area contributed by atoms with Gasteiger partial charge >= 0.3 is 0 Å². The van der Waals surface area contributed by atoms with Gasteiger partial charge in [-0.05, 0) is 18.9 Å². The number of hydrogen-bond acceptors (Lipinski definition) is 1. The maximum absolute atomic E-state index is 3.35. The average Bonchev–Trinajstić information content (AvgIpc) is 2.03. The van der Waals surface area contributed by atoms with E-state index in [4.69, 9.17) is 0 Å². The van der Waals surface area contributed by atoms with Gasteiger partial charge in [0.05, 0.1) is 10.4 Å². The van der Waals surface area contributed by atoms with Crippen molar-refractivity contribution in [1.29, 1.82) is 0 Å². The molecule has 1 rings (SSSR count). The fraction of sp³-hybridized carbons (Fsp3) is 1.00. The molecule has 0 saturated heterocycles. The SMILES string of the molecule is [SiH3]NCCC1CCCCC1. The van der Waals surface area contributed by atoms with Crippen LogP contribution in [0.25, 0.3) is 0 Å². The zero-order valence-electron chi connectivity index (χ0n) is 7.03. The van der Waals surface area contributed by atoms with Gasteiger partial charge in [-0.1, -0.05) is 32.1 Å². The first-order chi connectivity index (χ1) is 4.93. The van der Waals surface area contributed by atoms with Gasteiger partial charge in [0.2, 0.25) is 0 Å². The molecule has 0 unspecified atom stereocenters. The van der Waals surface area contributed by atoms with Crippen molar-refractivity contribution in [2.75, 3.05) is 6.54 Å². The van der Waals surface area contributed by atoms with Crippen molar-refractivity contribution < 1.29 is 0 Å². The van der Waals surface area contributed by atoms with Gasteiger partial charge in [-0.3, -0.25) is 0 Å². The van der Waals surface area contributed by atoms with Crippen LogP contribution in [-0.2, 0) is 0 Å². The Morgan fingerprint density at radius 2 is 1.90 bits per heavy atom. The Morgan fingerprint density at radius 1 is 1.20 bits per heavy atom. The smallest absolute Gasteiger partial charge is 0.0749 e. The van der Waals surface area contributed by atoms with Crippen LogP contribution < -0.4 is 4.98 Å². The predicted molar refractivity (Wildman–Crippen MR) is 49.1 cm³/mol. The summed E-state index contributed by atoms with van der Waals surface area (Å²) in [6.07, 6.45) is 8.92. The van der Waals surface area contributed by atoms with Crippen molar-refractivity contribution in [3.05, 3.63) is 0 Å². The highest BCUT2D eigenvalue weighted by Gasteiger charge is 2.11. The second-order valence-corrected chi connectivity index (χ2v) is 4.10. The minimum Gasteiger partial charge on any atom is -0.345 e. The molecule has 1 N–H and O–H groups in total. The Balaban J connectivity index is 2.02. The fourth-order valence-electron chi connectivity index (χ4n) is 1.82. The lowest BCUT2D eigenvalue weighted by Gasteiger charge is -2.20. The van der Waals surface area contributed by atoms with Crippen LogP contribution in [0.4, 0.5) is 0 Å². The van der Waals surface area contributed by atoms with E-state index in [-0.39, 0.29) is 0 Å². The Morgan fingerprint density at radius 3 is 2.50 bits per heavy atom. The van der Waals surface area contributed by atoms with Gasteiger partial charge in [0.1, 0.15) is 0 Å². The number of hydrogen-bond donors (Lipinski definition) is 1. The first-order valence-corrected chi connectivity index (χ1v) is 5.58. The summed E-state index contributed by atoms with van der Waals surface area (Å²) in [6.45, 7) is 1.27. The number of rotatable bonds is 3. The number of nitrogens with one attached hydrogen (secondary N) is 1. The third kappa shape index (κ3) is 2.84. The van der Waals surface area contributed by atoms with Crippen molar-refractivity contribution >= 4 is 10.4 Å². The Kier molecular flexibility index (Phi) is 4.06. The van der Waals surface area contributed by atoms with Crippen LogP contribution in [0.5, 0.6) is 0 Å². The van der Waals surface area contributed by atoms with Gasteiger partial charge in [0, 0.05) is 0 Å². The van der Waals surface area contributed by atoms with Gasteiger partial charge in [-0.25, -0.2) is 0 Å². The van der Waals surface area contributed by atoms with Crippen LogP contribution in [-0.4, -0.2) is 16.9 Å². The standard InChI is InChI=1S/C8H19NSi/c10-9-7-6-8-4-2-1-3-5-8/h8-9H,1-7H2,10H3. The van der Waals surface area contributed by atoms with Gasteiger partial charge in [-0.15, -0.1) is 0 Å².